The van der Waals surface area contributed by atoms with Crippen molar-refractivity contribution in [3.63, 3.8) is 0 Å². The van der Waals surface area contributed by atoms with E-state index in [1.165, 1.54) is 7.11 Å². The Hall–Kier alpha value is -2.57. The van der Waals surface area contributed by atoms with Gasteiger partial charge in [0.25, 0.3) is 11.8 Å². The second-order valence-electron chi connectivity index (χ2n) is 5.98. The number of hydrogen-bond acceptors (Lipinski definition) is 5. The van der Waals surface area contributed by atoms with Crippen molar-refractivity contribution in [1.29, 1.82) is 0 Å². The van der Waals surface area contributed by atoms with Crippen molar-refractivity contribution in [1.82, 2.24) is 10.2 Å². The molecular weight excluding hydrogens is 324 g/mol. The molecular formula is C18H24N2O5. The molecule has 2 amide bonds. The minimum atomic E-state index is -0.652. The number of amides is 2. The minimum Gasteiger partial charge on any atom is -0.496 e. The van der Waals surface area contributed by atoms with Gasteiger partial charge < -0.3 is 19.7 Å². The molecule has 1 saturated heterocycles. The lowest BCUT2D eigenvalue weighted by molar-refractivity contribution is -0.152. The van der Waals surface area contributed by atoms with E-state index in [2.05, 4.69) is 5.32 Å². The number of carbonyl (C=O) groups excluding carboxylic acids is 3. The lowest BCUT2D eigenvalue weighted by Crippen LogP contribution is -2.44. The summed E-state index contributed by atoms with van der Waals surface area (Å²) in [7, 11) is 1.47. The third-order valence-corrected chi connectivity index (χ3v) is 4.22. The summed E-state index contributed by atoms with van der Waals surface area (Å²) < 4.78 is 10.1. The molecule has 1 aromatic carbocycles. The standard InChI is InChI=1S/C18H24N2O5/c1-13-7-5-6-10-20(13)16(21)12-25-17(22)11-19-18(23)14-8-3-4-9-15(14)24-2/h3-4,8-9,13H,5-7,10-12H2,1-2H3,(H,19,23)/t13-/m1/s1. The fraction of sp³-hybridized carbons (Fsp3) is 0.500. The number of piperidine rings is 1. The molecule has 7 nitrogen and oxygen atoms in total. The van der Waals surface area contributed by atoms with E-state index in [9.17, 15) is 14.4 Å². The number of carbonyl (C=O) groups is 3. The van der Waals surface area contributed by atoms with E-state index in [0.29, 0.717) is 17.9 Å². The van der Waals surface area contributed by atoms with Crippen LogP contribution in [-0.2, 0) is 14.3 Å². The number of nitrogens with one attached hydrogen (secondary N) is 1. The Morgan fingerprint density at radius 2 is 2.00 bits per heavy atom. The molecule has 0 aromatic heterocycles. The van der Waals surface area contributed by atoms with Gasteiger partial charge in [-0.1, -0.05) is 12.1 Å². The van der Waals surface area contributed by atoms with E-state index in [0.717, 1.165) is 19.3 Å². The maximum atomic E-state index is 12.1. The van der Waals surface area contributed by atoms with Crippen molar-refractivity contribution in [2.24, 2.45) is 0 Å². The first kappa shape index (κ1) is 18.8. The smallest absolute Gasteiger partial charge is 0.325 e. The van der Waals surface area contributed by atoms with Crippen LogP contribution in [0.3, 0.4) is 0 Å². The molecule has 1 N–H and O–H groups in total. The molecule has 2 rings (SSSR count). The molecule has 136 valence electrons. The molecule has 0 radical (unpaired) electrons. The number of esters is 1. The molecule has 1 atom stereocenters. The molecule has 0 aliphatic carbocycles. The average molecular weight is 348 g/mol. The number of benzene rings is 1. The van der Waals surface area contributed by atoms with Gasteiger partial charge in [-0.05, 0) is 38.3 Å². The van der Waals surface area contributed by atoms with Crippen LogP contribution in [-0.4, -0.2) is 55.5 Å². The molecule has 1 aliphatic heterocycles. The predicted octanol–water partition coefficient (Wildman–Crippen LogP) is 1.37. The van der Waals surface area contributed by atoms with Crippen LogP contribution in [0.2, 0.25) is 0 Å². The van der Waals surface area contributed by atoms with E-state index >= 15 is 0 Å². The summed E-state index contributed by atoms with van der Waals surface area (Å²) in [4.78, 5) is 37.7. The molecule has 1 fully saturated rings. The monoisotopic (exact) mass is 348 g/mol. The highest BCUT2D eigenvalue weighted by molar-refractivity contribution is 5.98. The van der Waals surface area contributed by atoms with Crippen LogP contribution in [0.5, 0.6) is 5.75 Å². The first-order chi connectivity index (χ1) is 12.0. The molecule has 0 spiro atoms. The molecule has 0 unspecified atom stereocenters. The van der Waals surface area contributed by atoms with Crippen LogP contribution in [0.1, 0.15) is 36.5 Å². The molecule has 1 heterocycles. The summed E-state index contributed by atoms with van der Waals surface area (Å²) in [5.74, 6) is -0.870. The Balaban J connectivity index is 1.77. The number of likely N-dealkylation sites (tertiary alicyclic amines) is 1. The SMILES string of the molecule is COc1ccccc1C(=O)NCC(=O)OCC(=O)N1CCCC[C@H]1C. The summed E-state index contributed by atoms with van der Waals surface area (Å²) in [6.07, 6.45) is 3.05. The van der Waals surface area contributed by atoms with Gasteiger partial charge in [0.15, 0.2) is 6.61 Å². The first-order valence-electron chi connectivity index (χ1n) is 8.39. The summed E-state index contributed by atoms with van der Waals surface area (Å²) in [5, 5.41) is 2.47. The number of nitrogens with zero attached hydrogens (tertiary/aromatic N) is 1. The second-order valence-corrected chi connectivity index (χ2v) is 5.98. The van der Waals surface area contributed by atoms with Gasteiger partial charge in [-0.15, -0.1) is 0 Å². The minimum absolute atomic E-state index is 0.171. The van der Waals surface area contributed by atoms with E-state index in [4.69, 9.17) is 9.47 Å². The highest BCUT2D eigenvalue weighted by Gasteiger charge is 2.24. The van der Waals surface area contributed by atoms with Crippen molar-refractivity contribution < 1.29 is 23.9 Å². The summed E-state index contributed by atoms with van der Waals surface area (Å²) in [5.41, 5.74) is 0.330. The number of hydrogen-bond donors (Lipinski definition) is 1. The summed E-state index contributed by atoms with van der Waals surface area (Å²) in [6.45, 7) is 2.09. The van der Waals surface area contributed by atoms with Crippen LogP contribution in [0.4, 0.5) is 0 Å². The second kappa shape index (κ2) is 9.05. The lowest BCUT2D eigenvalue weighted by atomic mass is 10.0. The normalized spacial score (nSPS) is 16.9. The van der Waals surface area contributed by atoms with Gasteiger partial charge in [-0.3, -0.25) is 14.4 Å². The van der Waals surface area contributed by atoms with Gasteiger partial charge in [0, 0.05) is 12.6 Å². The van der Waals surface area contributed by atoms with Crippen molar-refractivity contribution in [3.05, 3.63) is 29.8 Å². The topological polar surface area (TPSA) is 84.9 Å². The summed E-state index contributed by atoms with van der Waals surface area (Å²) >= 11 is 0. The Labute approximate surface area is 147 Å². The Morgan fingerprint density at radius 3 is 2.72 bits per heavy atom. The Bertz CT molecular complexity index is 632. The summed E-state index contributed by atoms with van der Waals surface area (Å²) in [6, 6.07) is 6.88. The van der Waals surface area contributed by atoms with Gasteiger partial charge in [0.2, 0.25) is 0 Å². The van der Waals surface area contributed by atoms with Crippen LogP contribution in [0.15, 0.2) is 24.3 Å². The molecule has 0 bridgehead atoms. The highest BCUT2D eigenvalue weighted by Crippen LogP contribution is 2.17. The largest absolute Gasteiger partial charge is 0.496 e. The highest BCUT2D eigenvalue weighted by atomic mass is 16.5. The number of rotatable bonds is 6. The fourth-order valence-corrected chi connectivity index (χ4v) is 2.82. The first-order valence-corrected chi connectivity index (χ1v) is 8.39. The molecule has 25 heavy (non-hydrogen) atoms. The van der Waals surface area contributed by atoms with Crippen LogP contribution < -0.4 is 10.1 Å². The number of para-hydroxylation sites is 1. The van der Waals surface area contributed by atoms with Crippen LogP contribution in [0, 0.1) is 0 Å². The van der Waals surface area contributed by atoms with Crippen molar-refractivity contribution in [2.75, 3.05) is 26.8 Å². The maximum absolute atomic E-state index is 12.1. The zero-order valence-electron chi connectivity index (χ0n) is 14.6. The number of methoxy groups -OCH3 is 1. The van der Waals surface area contributed by atoms with Crippen LogP contribution >= 0.6 is 0 Å². The van der Waals surface area contributed by atoms with Gasteiger partial charge >= 0.3 is 5.97 Å². The van der Waals surface area contributed by atoms with Gasteiger partial charge in [0.1, 0.15) is 12.3 Å². The van der Waals surface area contributed by atoms with Crippen molar-refractivity contribution in [3.8, 4) is 5.75 Å². The Morgan fingerprint density at radius 1 is 1.24 bits per heavy atom. The van der Waals surface area contributed by atoms with Crippen LogP contribution in [0.25, 0.3) is 0 Å². The van der Waals surface area contributed by atoms with Gasteiger partial charge in [-0.2, -0.15) is 0 Å². The Kier molecular flexibility index (Phi) is 6.80. The zero-order valence-corrected chi connectivity index (χ0v) is 14.6. The van der Waals surface area contributed by atoms with Gasteiger partial charge in [0.05, 0.1) is 12.7 Å². The van der Waals surface area contributed by atoms with Crippen molar-refractivity contribution >= 4 is 17.8 Å². The van der Waals surface area contributed by atoms with E-state index in [-0.39, 0.29) is 25.1 Å². The zero-order chi connectivity index (χ0) is 18.2. The van der Waals surface area contributed by atoms with E-state index in [1.807, 2.05) is 6.92 Å². The maximum Gasteiger partial charge on any atom is 0.325 e. The molecule has 1 aliphatic rings. The fourth-order valence-electron chi connectivity index (χ4n) is 2.82. The quantitative estimate of drug-likeness (QED) is 0.785. The molecule has 1 aromatic rings. The predicted molar refractivity (Wildman–Crippen MR) is 91.3 cm³/mol. The number of ether oxygens (including phenoxy) is 2. The van der Waals surface area contributed by atoms with Gasteiger partial charge in [-0.25, -0.2) is 0 Å². The van der Waals surface area contributed by atoms with Crippen molar-refractivity contribution in [2.45, 2.75) is 32.2 Å². The molecule has 7 heteroatoms. The van der Waals surface area contributed by atoms with E-state index in [1.54, 1.807) is 29.2 Å². The third kappa shape index (κ3) is 5.20. The third-order valence-electron chi connectivity index (χ3n) is 4.22. The van der Waals surface area contributed by atoms with E-state index < -0.39 is 11.9 Å². The molecule has 0 saturated carbocycles. The lowest BCUT2D eigenvalue weighted by Gasteiger charge is -2.33. The average Bonchev–Trinajstić information content (AvgIpc) is 2.64.